The first-order chi connectivity index (χ1) is 16.4. The molecule has 0 bridgehead atoms. The van der Waals surface area contributed by atoms with Gasteiger partial charge in [0.25, 0.3) is 0 Å². The number of pyridine rings is 2. The van der Waals surface area contributed by atoms with Crippen molar-refractivity contribution in [2.75, 3.05) is 23.3 Å². The first-order valence-corrected chi connectivity index (χ1v) is 10.7. The molecule has 2 aromatic heterocycles. The maximum atomic E-state index is 13.8. The van der Waals surface area contributed by atoms with E-state index in [-0.39, 0.29) is 24.7 Å². The second kappa shape index (κ2) is 8.44. The summed E-state index contributed by atoms with van der Waals surface area (Å²) in [4.78, 5) is 37.4. The van der Waals surface area contributed by atoms with Crippen molar-refractivity contribution >= 4 is 23.3 Å². The van der Waals surface area contributed by atoms with Crippen LogP contribution in [0.5, 0.6) is 0 Å². The first kappa shape index (κ1) is 21.9. The SMILES string of the molecule is O=C(Nc1cc(F)cc(F)c1)N1CCC2(CC1)C(=O)N(c1cncc(F)c1)C2c1ccccn1. The summed E-state index contributed by atoms with van der Waals surface area (Å²) in [5, 5.41) is 2.50. The van der Waals surface area contributed by atoms with Gasteiger partial charge < -0.3 is 15.1 Å². The lowest BCUT2D eigenvalue weighted by molar-refractivity contribution is -0.144. The molecule has 1 atom stereocenters. The number of urea groups is 1. The van der Waals surface area contributed by atoms with Crippen molar-refractivity contribution in [1.29, 1.82) is 0 Å². The van der Waals surface area contributed by atoms with Crippen LogP contribution in [0.3, 0.4) is 0 Å². The molecule has 5 rings (SSSR count). The number of anilines is 2. The Balaban J connectivity index is 1.36. The van der Waals surface area contributed by atoms with E-state index < -0.39 is 34.9 Å². The molecule has 174 valence electrons. The molecule has 0 aliphatic carbocycles. The zero-order valence-electron chi connectivity index (χ0n) is 17.9. The second-order valence-electron chi connectivity index (χ2n) is 8.43. The molecule has 1 unspecified atom stereocenters. The molecule has 34 heavy (non-hydrogen) atoms. The van der Waals surface area contributed by atoms with Crippen molar-refractivity contribution in [2.45, 2.75) is 18.9 Å². The molecule has 0 saturated carbocycles. The highest BCUT2D eigenvalue weighted by atomic mass is 19.1. The Kier molecular flexibility index (Phi) is 5.43. The standard InChI is InChI=1S/C24H20F3N5O2/c25-15-9-16(26)11-18(10-15)30-23(34)31-7-4-24(5-8-31)21(20-3-1-2-6-29-20)32(22(24)33)19-12-17(27)13-28-14-19/h1-3,6,9-14,21H,4-5,7-8H2,(H,30,34). The Labute approximate surface area is 193 Å². The van der Waals surface area contributed by atoms with Gasteiger partial charge in [-0.25, -0.2) is 18.0 Å². The molecule has 3 aromatic rings. The molecule has 7 nitrogen and oxygen atoms in total. The lowest BCUT2D eigenvalue weighted by Crippen LogP contribution is -2.67. The van der Waals surface area contributed by atoms with Gasteiger partial charge in [-0.15, -0.1) is 0 Å². The summed E-state index contributed by atoms with van der Waals surface area (Å²) in [5.74, 6) is -2.31. The van der Waals surface area contributed by atoms with Crippen LogP contribution in [0.4, 0.5) is 29.3 Å². The van der Waals surface area contributed by atoms with Crippen LogP contribution in [0.15, 0.2) is 61.1 Å². The highest BCUT2D eigenvalue weighted by Crippen LogP contribution is 2.57. The van der Waals surface area contributed by atoms with E-state index in [4.69, 9.17) is 0 Å². The van der Waals surface area contributed by atoms with E-state index >= 15 is 0 Å². The fourth-order valence-electron chi connectivity index (χ4n) is 4.83. The number of benzene rings is 1. The summed E-state index contributed by atoms with van der Waals surface area (Å²) in [6.07, 6.45) is 4.86. The Morgan fingerprint density at radius 3 is 2.38 bits per heavy atom. The number of piperidine rings is 1. The van der Waals surface area contributed by atoms with Crippen molar-refractivity contribution in [3.8, 4) is 0 Å². The summed E-state index contributed by atoms with van der Waals surface area (Å²) in [6, 6.07) is 8.51. The molecule has 1 spiro atoms. The molecule has 3 amide bonds. The predicted octanol–water partition coefficient (Wildman–Crippen LogP) is 4.30. The van der Waals surface area contributed by atoms with Gasteiger partial charge >= 0.3 is 6.03 Å². The number of carbonyl (C=O) groups excluding carboxylic acids is 2. The number of likely N-dealkylation sites (tertiary alicyclic amines) is 1. The minimum Gasteiger partial charge on any atom is -0.324 e. The molecule has 2 saturated heterocycles. The summed E-state index contributed by atoms with van der Waals surface area (Å²) in [7, 11) is 0. The van der Waals surface area contributed by atoms with E-state index in [1.807, 2.05) is 12.1 Å². The number of rotatable bonds is 3. The molecule has 4 heterocycles. The van der Waals surface area contributed by atoms with Crippen LogP contribution in [0.2, 0.25) is 0 Å². The number of hydrogen-bond donors (Lipinski definition) is 1. The van der Waals surface area contributed by atoms with Crippen molar-refractivity contribution in [2.24, 2.45) is 5.41 Å². The monoisotopic (exact) mass is 467 g/mol. The van der Waals surface area contributed by atoms with Crippen LogP contribution >= 0.6 is 0 Å². The normalized spacial score (nSPS) is 19.1. The van der Waals surface area contributed by atoms with Crippen LogP contribution in [0.25, 0.3) is 0 Å². The largest absolute Gasteiger partial charge is 0.324 e. The zero-order chi connectivity index (χ0) is 23.9. The predicted molar refractivity (Wildman–Crippen MR) is 117 cm³/mol. The number of nitrogens with zero attached hydrogens (tertiary/aromatic N) is 4. The highest BCUT2D eigenvalue weighted by molar-refractivity contribution is 6.06. The van der Waals surface area contributed by atoms with Gasteiger partial charge in [0.05, 0.1) is 35.2 Å². The van der Waals surface area contributed by atoms with E-state index in [0.29, 0.717) is 24.2 Å². The Bertz CT molecular complexity index is 1230. The number of nitrogens with one attached hydrogen (secondary N) is 1. The molecule has 1 aromatic carbocycles. The van der Waals surface area contributed by atoms with Gasteiger partial charge in [0.2, 0.25) is 5.91 Å². The van der Waals surface area contributed by atoms with Gasteiger partial charge in [-0.05, 0) is 37.1 Å². The molecule has 2 aliphatic rings. The molecular weight excluding hydrogens is 447 g/mol. The minimum absolute atomic E-state index is 0.0126. The van der Waals surface area contributed by atoms with E-state index in [9.17, 15) is 22.8 Å². The maximum absolute atomic E-state index is 13.8. The van der Waals surface area contributed by atoms with Crippen molar-refractivity contribution in [3.05, 3.63) is 84.2 Å². The minimum atomic E-state index is -0.803. The molecule has 0 radical (unpaired) electrons. The molecule has 1 N–H and O–H groups in total. The number of β-lactam (4-membered cyclic amide) rings is 1. The second-order valence-corrected chi connectivity index (χ2v) is 8.43. The maximum Gasteiger partial charge on any atom is 0.321 e. The van der Waals surface area contributed by atoms with Crippen molar-refractivity contribution < 1.29 is 22.8 Å². The Morgan fingerprint density at radius 2 is 1.74 bits per heavy atom. The van der Waals surface area contributed by atoms with E-state index in [1.54, 1.807) is 12.3 Å². The number of aromatic nitrogens is 2. The first-order valence-electron chi connectivity index (χ1n) is 10.7. The molecule has 10 heteroatoms. The summed E-state index contributed by atoms with van der Waals surface area (Å²) >= 11 is 0. The van der Waals surface area contributed by atoms with E-state index in [1.165, 1.54) is 22.1 Å². The molecule has 2 aliphatic heterocycles. The van der Waals surface area contributed by atoms with Crippen LogP contribution in [-0.4, -0.2) is 39.9 Å². The summed E-state index contributed by atoms with van der Waals surface area (Å²) in [5.41, 5.74) is 0.223. The Hall–Kier alpha value is -3.95. The van der Waals surface area contributed by atoms with Crippen LogP contribution < -0.4 is 10.2 Å². The lowest BCUT2D eigenvalue weighted by Gasteiger charge is -2.58. The van der Waals surface area contributed by atoms with Crippen LogP contribution in [0, 0.1) is 22.9 Å². The van der Waals surface area contributed by atoms with Gasteiger partial charge in [-0.3, -0.25) is 14.8 Å². The Morgan fingerprint density at radius 1 is 1.00 bits per heavy atom. The topological polar surface area (TPSA) is 78.4 Å². The number of carbonyl (C=O) groups is 2. The van der Waals surface area contributed by atoms with Gasteiger partial charge in [-0.2, -0.15) is 0 Å². The average Bonchev–Trinajstić information content (AvgIpc) is 2.82. The third-order valence-electron chi connectivity index (χ3n) is 6.42. The van der Waals surface area contributed by atoms with Gasteiger partial charge in [-0.1, -0.05) is 6.07 Å². The zero-order valence-corrected chi connectivity index (χ0v) is 17.9. The number of halogens is 3. The van der Waals surface area contributed by atoms with Crippen molar-refractivity contribution in [1.82, 2.24) is 14.9 Å². The van der Waals surface area contributed by atoms with Gasteiger partial charge in [0.15, 0.2) is 0 Å². The molecular formula is C24H20F3N5O2. The van der Waals surface area contributed by atoms with Crippen LogP contribution in [0.1, 0.15) is 24.6 Å². The smallest absolute Gasteiger partial charge is 0.321 e. The number of hydrogen-bond acceptors (Lipinski definition) is 4. The highest BCUT2D eigenvalue weighted by Gasteiger charge is 2.62. The lowest BCUT2D eigenvalue weighted by atomic mass is 9.63. The average molecular weight is 467 g/mol. The third kappa shape index (κ3) is 3.74. The van der Waals surface area contributed by atoms with Gasteiger partial charge in [0, 0.05) is 37.1 Å². The quantitative estimate of drug-likeness (QED) is 0.583. The van der Waals surface area contributed by atoms with Gasteiger partial charge in [0.1, 0.15) is 17.5 Å². The molecule has 2 fully saturated rings. The van der Waals surface area contributed by atoms with E-state index in [0.717, 1.165) is 24.4 Å². The van der Waals surface area contributed by atoms with E-state index in [2.05, 4.69) is 15.3 Å². The fourth-order valence-corrected chi connectivity index (χ4v) is 4.83. The third-order valence-corrected chi connectivity index (χ3v) is 6.42. The van der Waals surface area contributed by atoms with Crippen molar-refractivity contribution in [3.63, 3.8) is 0 Å². The summed E-state index contributed by atoms with van der Waals surface area (Å²) < 4.78 is 40.7. The van der Waals surface area contributed by atoms with Crippen LogP contribution in [-0.2, 0) is 4.79 Å². The fraction of sp³-hybridized carbons (Fsp3) is 0.250. The summed E-state index contributed by atoms with van der Waals surface area (Å²) in [6.45, 7) is 0.516. The number of amides is 3.